The number of rotatable bonds is 1. The van der Waals surface area contributed by atoms with Gasteiger partial charge in [0.2, 0.25) is 0 Å². The molecule has 0 saturated carbocycles. The van der Waals surface area contributed by atoms with E-state index in [0.717, 1.165) is 29.8 Å². The van der Waals surface area contributed by atoms with E-state index in [1.165, 1.54) is 6.42 Å². The topological polar surface area (TPSA) is 41.5 Å². The van der Waals surface area contributed by atoms with Gasteiger partial charge in [0, 0.05) is 17.2 Å². The van der Waals surface area contributed by atoms with Crippen LogP contribution in [0.2, 0.25) is 0 Å². The summed E-state index contributed by atoms with van der Waals surface area (Å²) in [6.45, 7) is 1.37. The van der Waals surface area contributed by atoms with Gasteiger partial charge in [-0.1, -0.05) is 24.3 Å². The number of aliphatic imine (C=N–C) groups is 1. The Morgan fingerprint density at radius 2 is 2.06 bits per heavy atom. The van der Waals surface area contributed by atoms with Crippen LogP contribution in [0.4, 0.5) is 0 Å². The average Bonchev–Trinajstić information content (AvgIpc) is 2.83. The van der Waals surface area contributed by atoms with Gasteiger partial charge in [0.05, 0.1) is 5.71 Å². The molecular formula is C13H14N2O. The molecule has 1 aromatic carbocycles. The lowest BCUT2D eigenvalue weighted by atomic mass is 9.92. The predicted molar refractivity (Wildman–Crippen MR) is 63.2 cm³/mol. The van der Waals surface area contributed by atoms with Crippen LogP contribution in [0.25, 0.3) is 0 Å². The molecular weight excluding hydrogens is 200 g/mol. The van der Waals surface area contributed by atoms with Gasteiger partial charge in [0.1, 0.15) is 6.54 Å². The molecule has 1 saturated heterocycles. The van der Waals surface area contributed by atoms with Crippen LogP contribution in [0.3, 0.4) is 0 Å². The lowest BCUT2D eigenvalue weighted by Gasteiger charge is -2.20. The van der Waals surface area contributed by atoms with Crippen LogP contribution in [-0.4, -0.2) is 30.6 Å². The molecule has 0 amide bonds. The van der Waals surface area contributed by atoms with Crippen LogP contribution in [0.5, 0.6) is 0 Å². The van der Waals surface area contributed by atoms with Crippen molar-refractivity contribution in [1.29, 1.82) is 0 Å². The Balaban J connectivity index is 2.04. The van der Waals surface area contributed by atoms with Crippen LogP contribution in [0.15, 0.2) is 29.3 Å². The Bertz CT molecular complexity index is 459. The lowest BCUT2D eigenvalue weighted by Crippen LogP contribution is -2.35. The Morgan fingerprint density at radius 3 is 2.81 bits per heavy atom. The minimum atomic E-state index is 0.136. The number of benzene rings is 1. The maximum Gasteiger partial charge on any atom is 0.184 e. The summed E-state index contributed by atoms with van der Waals surface area (Å²) in [7, 11) is 0. The molecule has 2 heterocycles. The van der Waals surface area contributed by atoms with Crippen LogP contribution >= 0.6 is 0 Å². The highest BCUT2D eigenvalue weighted by Gasteiger charge is 2.27. The van der Waals surface area contributed by atoms with Crippen LogP contribution in [0.1, 0.15) is 28.8 Å². The molecule has 3 heteroatoms. The molecule has 82 valence electrons. The smallest absolute Gasteiger partial charge is 0.184 e. The molecule has 0 spiro atoms. The molecule has 0 bridgehead atoms. The summed E-state index contributed by atoms with van der Waals surface area (Å²) in [5, 5.41) is 3.44. The predicted octanol–water partition coefficient (Wildman–Crippen LogP) is 1.42. The first kappa shape index (κ1) is 9.73. The van der Waals surface area contributed by atoms with E-state index in [2.05, 4.69) is 10.3 Å². The summed E-state index contributed by atoms with van der Waals surface area (Å²) < 4.78 is 0. The maximum atomic E-state index is 11.7. The van der Waals surface area contributed by atoms with Gasteiger partial charge >= 0.3 is 0 Å². The number of hydrogen-bond donors (Lipinski definition) is 1. The minimum Gasteiger partial charge on any atom is -0.309 e. The average molecular weight is 214 g/mol. The number of carbonyl (C=O) groups is 1. The quantitative estimate of drug-likeness (QED) is 0.768. The lowest BCUT2D eigenvalue weighted by molar-refractivity contribution is 0.1000. The van der Waals surface area contributed by atoms with Gasteiger partial charge in [-0.05, 0) is 19.4 Å². The second kappa shape index (κ2) is 3.83. The van der Waals surface area contributed by atoms with Crippen molar-refractivity contribution < 1.29 is 4.79 Å². The first-order chi connectivity index (χ1) is 7.86. The largest absolute Gasteiger partial charge is 0.309 e. The van der Waals surface area contributed by atoms with E-state index >= 15 is 0 Å². The summed E-state index contributed by atoms with van der Waals surface area (Å²) in [6, 6.07) is 8.14. The third-order valence-electron chi connectivity index (χ3n) is 3.29. The van der Waals surface area contributed by atoms with Gasteiger partial charge in [-0.15, -0.1) is 0 Å². The molecule has 16 heavy (non-hydrogen) atoms. The van der Waals surface area contributed by atoms with Gasteiger partial charge in [0.25, 0.3) is 0 Å². The van der Waals surface area contributed by atoms with Crippen LogP contribution < -0.4 is 5.32 Å². The summed E-state index contributed by atoms with van der Waals surface area (Å²) in [6.07, 6.45) is 2.32. The van der Waals surface area contributed by atoms with E-state index in [-0.39, 0.29) is 5.78 Å². The van der Waals surface area contributed by atoms with Gasteiger partial charge in [-0.25, -0.2) is 0 Å². The zero-order valence-corrected chi connectivity index (χ0v) is 9.07. The van der Waals surface area contributed by atoms with Crippen molar-refractivity contribution >= 4 is 11.5 Å². The van der Waals surface area contributed by atoms with E-state index in [9.17, 15) is 4.79 Å². The molecule has 2 aliphatic heterocycles. The summed E-state index contributed by atoms with van der Waals surface area (Å²) in [4.78, 5) is 16.2. The first-order valence-corrected chi connectivity index (χ1v) is 5.76. The molecule has 3 nitrogen and oxygen atoms in total. The van der Waals surface area contributed by atoms with E-state index < -0.39 is 0 Å². The molecule has 3 rings (SSSR count). The highest BCUT2D eigenvalue weighted by atomic mass is 16.1. The van der Waals surface area contributed by atoms with E-state index in [4.69, 9.17) is 0 Å². The third kappa shape index (κ3) is 1.48. The minimum absolute atomic E-state index is 0.136. The Kier molecular flexibility index (Phi) is 2.33. The van der Waals surface area contributed by atoms with Crippen molar-refractivity contribution in [2.24, 2.45) is 4.99 Å². The van der Waals surface area contributed by atoms with Crippen LogP contribution in [0, 0.1) is 0 Å². The third-order valence-corrected chi connectivity index (χ3v) is 3.29. The van der Waals surface area contributed by atoms with Crippen molar-refractivity contribution in [1.82, 2.24) is 5.32 Å². The zero-order chi connectivity index (χ0) is 11.0. The number of carbonyl (C=O) groups excluding carboxylic acids is 1. The van der Waals surface area contributed by atoms with Gasteiger partial charge in [-0.2, -0.15) is 0 Å². The van der Waals surface area contributed by atoms with Crippen molar-refractivity contribution in [2.45, 2.75) is 18.9 Å². The molecule has 1 N–H and O–H groups in total. The number of fused-ring (bicyclic) bond motifs is 1. The molecule has 1 aromatic rings. The number of nitrogens with zero attached hydrogens (tertiary/aromatic N) is 1. The fraction of sp³-hybridized carbons (Fsp3) is 0.385. The molecule has 1 fully saturated rings. The SMILES string of the molecule is O=C1CN=C(C2CCCN2)c2ccccc21. The fourth-order valence-electron chi connectivity index (χ4n) is 2.49. The van der Waals surface area contributed by atoms with Gasteiger partial charge in [0.15, 0.2) is 5.78 Å². The summed E-state index contributed by atoms with van der Waals surface area (Å²) in [5.41, 5.74) is 2.94. The fourth-order valence-corrected chi connectivity index (χ4v) is 2.49. The van der Waals surface area contributed by atoms with Crippen LogP contribution in [-0.2, 0) is 0 Å². The van der Waals surface area contributed by atoms with Crippen molar-refractivity contribution in [3.8, 4) is 0 Å². The Labute approximate surface area is 94.6 Å². The maximum absolute atomic E-state index is 11.7. The second-order valence-corrected chi connectivity index (χ2v) is 4.32. The molecule has 0 radical (unpaired) electrons. The number of hydrogen-bond acceptors (Lipinski definition) is 3. The van der Waals surface area contributed by atoms with E-state index in [0.29, 0.717) is 12.6 Å². The number of ketones is 1. The number of nitrogens with one attached hydrogen (secondary N) is 1. The van der Waals surface area contributed by atoms with E-state index in [1.807, 2.05) is 24.3 Å². The molecule has 1 atom stereocenters. The highest BCUT2D eigenvalue weighted by molar-refractivity contribution is 6.17. The van der Waals surface area contributed by atoms with Gasteiger partial charge in [-0.3, -0.25) is 9.79 Å². The van der Waals surface area contributed by atoms with Crippen molar-refractivity contribution in [3.63, 3.8) is 0 Å². The standard InChI is InChI=1S/C13H14N2O/c16-12-8-15-13(11-6-3-7-14-11)10-5-2-1-4-9(10)12/h1-2,4-5,11,14H,3,6-8H2. The van der Waals surface area contributed by atoms with E-state index in [1.54, 1.807) is 0 Å². The highest BCUT2D eigenvalue weighted by Crippen LogP contribution is 2.21. The Morgan fingerprint density at radius 1 is 1.25 bits per heavy atom. The Hall–Kier alpha value is -1.48. The van der Waals surface area contributed by atoms with Gasteiger partial charge < -0.3 is 5.32 Å². The summed E-state index contributed by atoms with van der Waals surface area (Å²) >= 11 is 0. The molecule has 0 aromatic heterocycles. The summed E-state index contributed by atoms with van der Waals surface area (Å²) in [5.74, 6) is 0.136. The van der Waals surface area contributed by atoms with Crippen molar-refractivity contribution in [2.75, 3.05) is 13.1 Å². The molecule has 1 unspecified atom stereocenters. The molecule has 2 aliphatic rings. The monoisotopic (exact) mass is 214 g/mol. The van der Waals surface area contributed by atoms with Crippen molar-refractivity contribution in [3.05, 3.63) is 35.4 Å². The second-order valence-electron chi connectivity index (χ2n) is 4.32. The molecule has 0 aliphatic carbocycles. The normalized spacial score (nSPS) is 24.1. The zero-order valence-electron chi connectivity index (χ0n) is 9.07. The first-order valence-electron chi connectivity index (χ1n) is 5.76. The number of Topliss-reactive ketones (excluding diaryl/α,β-unsaturated/α-hetero) is 1.